The fourth-order valence-corrected chi connectivity index (χ4v) is 2.20. The van der Waals surface area contributed by atoms with Crippen LogP contribution in [0.1, 0.15) is 11.1 Å². The van der Waals surface area contributed by atoms with Crippen LogP contribution in [0.25, 0.3) is 0 Å². The molecule has 2 aromatic rings. The minimum Gasteiger partial charge on any atom is -0.485 e. The van der Waals surface area contributed by atoms with Crippen molar-refractivity contribution in [3.8, 4) is 5.75 Å². The molecule has 0 saturated heterocycles. The van der Waals surface area contributed by atoms with Crippen LogP contribution in [-0.4, -0.2) is 0 Å². The summed E-state index contributed by atoms with van der Waals surface area (Å²) in [7, 11) is 0. The van der Waals surface area contributed by atoms with Crippen molar-refractivity contribution in [3.05, 3.63) is 63.9 Å². The third-order valence-electron chi connectivity index (χ3n) is 2.52. The van der Waals surface area contributed by atoms with Gasteiger partial charge in [-0.15, -0.1) is 11.6 Å². The van der Waals surface area contributed by atoms with Crippen molar-refractivity contribution in [2.75, 3.05) is 0 Å². The van der Waals surface area contributed by atoms with E-state index in [1.165, 1.54) is 6.07 Å². The predicted molar refractivity (Wildman–Crippen MR) is 74.4 cm³/mol. The molecule has 0 atom stereocenters. The zero-order valence-electron chi connectivity index (χ0n) is 9.50. The molecule has 18 heavy (non-hydrogen) atoms. The first-order valence-corrected chi connectivity index (χ1v) is 6.74. The van der Waals surface area contributed by atoms with Crippen LogP contribution in [0.2, 0.25) is 0 Å². The maximum absolute atomic E-state index is 13.6. The normalized spacial score (nSPS) is 10.4. The summed E-state index contributed by atoms with van der Waals surface area (Å²) >= 11 is 9.19. The monoisotopic (exact) mass is 328 g/mol. The van der Waals surface area contributed by atoms with E-state index in [-0.39, 0.29) is 17.4 Å². The van der Waals surface area contributed by atoms with Crippen LogP contribution in [0.15, 0.2) is 46.9 Å². The summed E-state index contributed by atoms with van der Waals surface area (Å²) in [6, 6.07) is 12.4. The first kappa shape index (κ1) is 13.4. The molecule has 0 saturated carbocycles. The Morgan fingerprint density at radius 2 is 1.78 bits per heavy atom. The van der Waals surface area contributed by atoms with Gasteiger partial charge in [-0.25, -0.2) is 4.39 Å². The van der Waals surface area contributed by atoms with Crippen LogP contribution in [0.5, 0.6) is 5.75 Å². The third kappa shape index (κ3) is 3.03. The fraction of sp³-hybridized carbons (Fsp3) is 0.143. The zero-order valence-corrected chi connectivity index (χ0v) is 11.8. The lowest BCUT2D eigenvalue weighted by Crippen LogP contribution is -2.00. The Bertz CT molecular complexity index is 545. The van der Waals surface area contributed by atoms with Gasteiger partial charge in [0.2, 0.25) is 0 Å². The molecule has 0 amide bonds. The highest BCUT2D eigenvalue weighted by Crippen LogP contribution is 2.26. The molecule has 0 bridgehead atoms. The summed E-state index contributed by atoms with van der Waals surface area (Å²) in [5, 5.41) is 0. The molecule has 0 radical (unpaired) electrons. The van der Waals surface area contributed by atoms with Crippen molar-refractivity contribution in [1.82, 2.24) is 0 Å². The Hall–Kier alpha value is -1.06. The van der Waals surface area contributed by atoms with E-state index in [1.807, 2.05) is 24.3 Å². The van der Waals surface area contributed by atoms with Gasteiger partial charge in [-0.2, -0.15) is 0 Å². The van der Waals surface area contributed by atoms with Gasteiger partial charge in [0.15, 0.2) is 11.6 Å². The van der Waals surface area contributed by atoms with Crippen molar-refractivity contribution < 1.29 is 9.13 Å². The first-order chi connectivity index (χ1) is 8.72. The van der Waals surface area contributed by atoms with Crippen molar-refractivity contribution in [2.45, 2.75) is 12.5 Å². The number of hydrogen-bond donors (Lipinski definition) is 0. The standard InChI is InChI=1S/C14H11BrClFO/c15-12-6-2-1-4-11(12)9-18-14-10(8-16)5-3-7-13(14)17/h1-7H,8-9H2. The first-order valence-electron chi connectivity index (χ1n) is 5.42. The minimum atomic E-state index is -0.389. The molecule has 0 aromatic heterocycles. The summed E-state index contributed by atoms with van der Waals surface area (Å²) in [5.41, 5.74) is 1.62. The van der Waals surface area contributed by atoms with Crippen LogP contribution in [0.4, 0.5) is 4.39 Å². The van der Waals surface area contributed by atoms with Crippen LogP contribution < -0.4 is 4.74 Å². The Morgan fingerprint density at radius 1 is 1.06 bits per heavy atom. The third-order valence-corrected chi connectivity index (χ3v) is 3.58. The lowest BCUT2D eigenvalue weighted by molar-refractivity contribution is 0.287. The Kier molecular flexibility index (Phi) is 4.61. The molecule has 0 heterocycles. The molecule has 0 aliphatic heterocycles. The molecule has 0 unspecified atom stereocenters. The maximum Gasteiger partial charge on any atom is 0.165 e. The van der Waals surface area contributed by atoms with Crippen LogP contribution >= 0.6 is 27.5 Å². The molecule has 2 aromatic carbocycles. The van der Waals surface area contributed by atoms with E-state index < -0.39 is 0 Å². The number of rotatable bonds is 4. The average Bonchev–Trinajstić information content (AvgIpc) is 2.39. The highest BCUT2D eigenvalue weighted by molar-refractivity contribution is 9.10. The average molecular weight is 330 g/mol. The summed E-state index contributed by atoms with van der Waals surface area (Å²) < 4.78 is 20.1. The molecule has 0 spiro atoms. The Labute approximate surface area is 119 Å². The molecule has 1 nitrogen and oxygen atoms in total. The molecule has 0 aliphatic carbocycles. The van der Waals surface area contributed by atoms with Crippen molar-refractivity contribution in [1.29, 1.82) is 0 Å². The summed E-state index contributed by atoms with van der Waals surface area (Å²) in [4.78, 5) is 0. The molecule has 4 heteroatoms. The second-order valence-corrected chi connectivity index (χ2v) is 4.86. The molecule has 0 fully saturated rings. The lowest BCUT2D eigenvalue weighted by Gasteiger charge is -2.11. The van der Waals surface area contributed by atoms with Gasteiger partial charge < -0.3 is 4.74 Å². The number of hydrogen-bond acceptors (Lipinski definition) is 1. The van der Waals surface area contributed by atoms with Gasteiger partial charge in [0.1, 0.15) is 6.61 Å². The van der Waals surface area contributed by atoms with Gasteiger partial charge in [0.05, 0.1) is 5.88 Å². The molecule has 0 aliphatic rings. The number of para-hydroxylation sites is 1. The Balaban J connectivity index is 2.18. The summed E-state index contributed by atoms with van der Waals surface area (Å²) in [5.74, 6) is 0.0618. The van der Waals surface area contributed by atoms with Gasteiger partial charge in [-0.3, -0.25) is 0 Å². The van der Waals surface area contributed by atoms with Crippen LogP contribution in [0, 0.1) is 5.82 Å². The number of benzene rings is 2. The number of ether oxygens (including phenoxy) is 1. The van der Waals surface area contributed by atoms with Crippen molar-refractivity contribution in [2.24, 2.45) is 0 Å². The fourth-order valence-electron chi connectivity index (χ4n) is 1.59. The van der Waals surface area contributed by atoms with Gasteiger partial charge >= 0.3 is 0 Å². The summed E-state index contributed by atoms with van der Waals surface area (Å²) in [6.07, 6.45) is 0. The molecular formula is C14H11BrClFO. The lowest BCUT2D eigenvalue weighted by atomic mass is 10.2. The van der Waals surface area contributed by atoms with Crippen molar-refractivity contribution in [3.63, 3.8) is 0 Å². The van der Waals surface area contributed by atoms with Gasteiger partial charge in [-0.1, -0.05) is 46.3 Å². The largest absolute Gasteiger partial charge is 0.485 e. The topological polar surface area (TPSA) is 9.23 Å². The SMILES string of the molecule is Fc1cccc(CCl)c1OCc1ccccc1Br. The Morgan fingerprint density at radius 3 is 2.50 bits per heavy atom. The van der Waals surface area contributed by atoms with E-state index in [0.717, 1.165) is 10.0 Å². The molecule has 0 N–H and O–H groups in total. The molecular weight excluding hydrogens is 319 g/mol. The summed E-state index contributed by atoms with van der Waals surface area (Å²) in [6.45, 7) is 0.298. The zero-order chi connectivity index (χ0) is 13.0. The van der Waals surface area contributed by atoms with Gasteiger partial charge in [0.25, 0.3) is 0 Å². The van der Waals surface area contributed by atoms with E-state index >= 15 is 0 Å². The number of alkyl halides is 1. The van der Waals surface area contributed by atoms with E-state index in [2.05, 4.69) is 15.9 Å². The van der Waals surface area contributed by atoms with Gasteiger partial charge in [0, 0.05) is 15.6 Å². The highest BCUT2D eigenvalue weighted by Gasteiger charge is 2.09. The van der Waals surface area contributed by atoms with E-state index in [9.17, 15) is 4.39 Å². The second kappa shape index (κ2) is 6.21. The van der Waals surface area contributed by atoms with Gasteiger partial charge in [-0.05, 0) is 12.1 Å². The highest BCUT2D eigenvalue weighted by atomic mass is 79.9. The predicted octanol–water partition coefficient (Wildman–Crippen LogP) is 4.91. The van der Waals surface area contributed by atoms with Crippen LogP contribution in [-0.2, 0) is 12.5 Å². The molecule has 2 rings (SSSR count). The number of halogens is 3. The maximum atomic E-state index is 13.6. The minimum absolute atomic E-state index is 0.225. The quantitative estimate of drug-likeness (QED) is 0.725. The second-order valence-electron chi connectivity index (χ2n) is 3.74. The van der Waals surface area contributed by atoms with Crippen molar-refractivity contribution >= 4 is 27.5 Å². The molecule has 94 valence electrons. The smallest absolute Gasteiger partial charge is 0.165 e. The van der Waals surface area contributed by atoms with E-state index in [4.69, 9.17) is 16.3 Å². The van der Waals surface area contributed by atoms with Crippen LogP contribution in [0.3, 0.4) is 0 Å². The van der Waals surface area contributed by atoms with E-state index in [0.29, 0.717) is 12.2 Å². The van der Waals surface area contributed by atoms with E-state index in [1.54, 1.807) is 12.1 Å².